The number of rotatable bonds is 6. The summed E-state index contributed by atoms with van der Waals surface area (Å²) in [5.41, 5.74) is 0.690. The highest BCUT2D eigenvalue weighted by atomic mass is 79.9. The van der Waals surface area contributed by atoms with Gasteiger partial charge in [0, 0.05) is 17.2 Å². The number of benzene rings is 1. The number of aromatic carboxylic acids is 1. The zero-order chi connectivity index (χ0) is 17.8. The minimum Gasteiger partial charge on any atom is -0.478 e. The first-order chi connectivity index (χ1) is 11.0. The molecule has 0 bridgehead atoms. The van der Waals surface area contributed by atoms with Crippen LogP contribution in [0.1, 0.15) is 17.3 Å². The molecule has 0 aliphatic rings. The lowest BCUT2D eigenvalue weighted by atomic mass is 10.1. The van der Waals surface area contributed by atoms with Crippen LogP contribution < -0.4 is 5.32 Å². The van der Waals surface area contributed by atoms with Gasteiger partial charge in [-0.15, -0.1) is 0 Å². The molecule has 23 heavy (non-hydrogen) atoms. The van der Waals surface area contributed by atoms with Gasteiger partial charge in [-0.2, -0.15) is 0 Å². The van der Waals surface area contributed by atoms with E-state index < -0.39 is 5.97 Å². The number of hydrogen-bond acceptors (Lipinski definition) is 3. The van der Waals surface area contributed by atoms with E-state index in [4.69, 9.17) is 9.84 Å². The normalized spacial score (nSPS) is 10.9. The smallest absolute Gasteiger partial charge is 0.337 e. The molecule has 7 heteroatoms. The Kier molecular flexibility index (Phi) is 10.6. The third-order valence-corrected chi connectivity index (χ3v) is 3.09. The van der Waals surface area contributed by atoms with E-state index in [1.807, 2.05) is 0 Å². The molecule has 1 amide bonds. The number of allylic oxidation sites excluding steroid dienone is 1. The quantitative estimate of drug-likeness (QED) is 0.574. The number of carbonyl (C=O) groups is 2. The maximum absolute atomic E-state index is 12.1. The standard InChI is InChI=1S/C15H16BrNO4.CH3F/c1-3-10(5-4-8-21-2)14(18)17-13-7-6-11(16)9-12(13)15(19)20;1-2/h3-7,9H,8H2,1-2H3,(H,17,18)(H,19,20);1H3/b5-4-,10-3+;. The molecule has 0 aliphatic carbocycles. The van der Waals surface area contributed by atoms with Gasteiger partial charge in [0.05, 0.1) is 25.0 Å². The fourth-order valence-electron chi connectivity index (χ4n) is 1.57. The van der Waals surface area contributed by atoms with Crippen molar-refractivity contribution in [2.45, 2.75) is 6.92 Å². The summed E-state index contributed by atoms with van der Waals surface area (Å²) in [6, 6.07) is 4.64. The predicted molar refractivity (Wildman–Crippen MR) is 91.5 cm³/mol. The van der Waals surface area contributed by atoms with Gasteiger partial charge in [-0.3, -0.25) is 9.18 Å². The molecule has 2 N–H and O–H groups in total. The molecule has 1 aromatic rings. The molecule has 0 radical (unpaired) electrons. The molecule has 0 aromatic heterocycles. The molecule has 0 atom stereocenters. The van der Waals surface area contributed by atoms with E-state index in [1.165, 1.54) is 12.1 Å². The first-order valence-corrected chi connectivity index (χ1v) is 7.32. The largest absolute Gasteiger partial charge is 0.478 e. The van der Waals surface area contributed by atoms with Crippen molar-refractivity contribution in [3.05, 3.63) is 52.0 Å². The molecule has 5 nitrogen and oxygen atoms in total. The number of methoxy groups -OCH3 is 1. The van der Waals surface area contributed by atoms with Gasteiger partial charge in [0.25, 0.3) is 5.91 Å². The van der Waals surface area contributed by atoms with Gasteiger partial charge in [-0.1, -0.05) is 34.2 Å². The van der Waals surface area contributed by atoms with Crippen molar-refractivity contribution in [2.24, 2.45) is 0 Å². The Balaban J connectivity index is 0.00000232. The van der Waals surface area contributed by atoms with Crippen molar-refractivity contribution in [1.82, 2.24) is 0 Å². The molecule has 1 aromatic carbocycles. The number of ether oxygens (including phenoxy) is 1. The average Bonchev–Trinajstić information content (AvgIpc) is 2.55. The molecule has 126 valence electrons. The maximum Gasteiger partial charge on any atom is 0.337 e. The second kappa shape index (κ2) is 11.6. The fourth-order valence-corrected chi connectivity index (χ4v) is 1.93. The Hall–Kier alpha value is -1.99. The van der Waals surface area contributed by atoms with E-state index in [2.05, 4.69) is 21.2 Å². The fraction of sp³-hybridized carbons (Fsp3) is 0.250. The van der Waals surface area contributed by atoms with Crippen LogP contribution in [0.25, 0.3) is 0 Å². The summed E-state index contributed by atoms with van der Waals surface area (Å²) in [6.07, 6.45) is 4.97. The van der Waals surface area contributed by atoms with Crippen molar-refractivity contribution < 1.29 is 23.8 Å². The molecule has 1 rings (SSSR count). The van der Waals surface area contributed by atoms with Gasteiger partial charge < -0.3 is 15.2 Å². The Morgan fingerprint density at radius 1 is 1.39 bits per heavy atom. The molecular formula is C16H19BrFNO4. The highest BCUT2D eigenvalue weighted by molar-refractivity contribution is 9.10. The average molecular weight is 388 g/mol. The van der Waals surface area contributed by atoms with E-state index in [-0.39, 0.29) is 17.2 Å². The zero-order valence-corrected chi connectivity index (χ0v) is 14.7. The third-order valence-electron chi connectivity index (χ3n) is 2.59. The highest BCUT2D eigenvalue weighted by Gasteiger charge is 2.14. The van der Waals surface area contributed by atoms with Crippen LogP contribution in [0, 0.1) is 0 Å². The lowest BCUT2D eigenvalue weighted by Gasteiger charge is -2.09. The van der Waals surface area contributed by atoms with E-state index >= 15 is 0 Å². The van der Waals surface area contributed by atoms with E-state index in [0.717, 1.165) is 0 Å². The summed E-state index contributed by atoms with van der Waals surface area (Å²) in [5.74, 6) is -1.49. The summed E-state index contributed by atoms with van der Waals surface area (Å²) in [4.78, 5) is 23.3. The number of nitrogens with one attached hydrogen (secondary N) is 1. The first kappa shape index (κ1) is 21.0. The van der Waals surface area contributed by atoms with Crippen LogP contribution in [0.3, 0.4) is 0 Å². The molecular weight excluding hydrogens is 369 g/mol. The van der Waals surface area contributed by atoms with Gasteiger partial charge in [-0.25, -0.2) is 4.79 Å². The Morgan fingerprint density at radius 3 is 2.57 bits per heavy atom. The summed E-state index contributed by atoms with van der Waals surface area (Å²) < 4.78 is 15.0. The molecule has 0 heterocycles. The second-order valence-electron chi connectivity index (χ2n) is 4.05. The Bertz CT molecular complexity index is 600. The van der Waals surface area contributed by atoms with Crippen LogP contribution >= 0.6 is 15.9 Å². The molecule has 0 aliphatic heterocycles. The number of anilines is 1. The van der Waals surface area contributed by atoms with Crippen LogP contribution in [0.4, 0.5) is 10.1 Å². The summed E-state index contributed by atoms with van der Waals surface area (Å²) in [5, 5.41) is 11.8. The maximum atomic E-state index is 12.1. The Morgan fingerprint density at radius 2 is 2.04 bits per heavy atom. The number of halogens is 2. The molecule has 0 saturated carbocycles. The van der Waals surface area contributed by atoms with Crippen LogP contribution in [0.2, 0.25) is 0 Å². The van der Waals surface area contributed by atoms with Crippen molar-refractivity contribution in [1.29, 1.82) is 0 Å². The molecule has 0 spiro atoms. The topological polar surface area (TPSA) is 75.6 Å². The van der Waals surface area contributed by atoms with Crippen molar-refractivity contribution >= 4 is 33.5 Å². The number of amides is 1. The van der Waals surface area contributed by atoms with Crippen molar-refractivity contribution in [3.63, 3.8) is 0 Å². The lowest BCUT2D eigenvalue weighted by molar-refractivity contribution is -0.112. The number of carboxylic acids is 1. The number of carbonyl (C=O) groups excluding carboxylic acids is 1. The summed E-state index contributed by atoms with van der Waals surface area (Å²) in [6.45, 7) is 2.12. The molecule has 0 unspecified atom stereocenters. The van der Waals surface area contributed by atoms with E-state index in [9.17, 15) is 14.0 Å². The number of hydrogen-bond donors (Lipinski definition) is 2. The van der Waals surface area contributed by atoms with Crippen molar-refractivity contribution in [2.75, 3.05) is 26.2 Å². The minimum atomic E-state index is -1.11. The predicted octanol–water partition coefficient (Wildman–Crippen LogP) is 3.82. The van der Waals surface area contributed by atoms with Gasteiger partial charge in [-0.05, 0) is 25.1 Å². The summed E-state index contributed by atoms with van der Waals surface area (Å²) in [7, 11) is 2.06. The zero-order valence-electron chi connectivity index (χ0n) is 13.1. The first-order valence-electron chi connectivity index (χ1n) is 6.53. The molecule has 0 saturated heterocycles. The van der Waals surface area contributed by atoms with Crippen molar-refractivity contribution in [3.8, 4) is 0 Å². The summed E-state index contributed by atoms with van der Waals surface area (Å²) >= 11 is 3.20. The van der Waals surface area contributed by atoms with Crippen LogP contribution in [-0.4, -0.2) is 37.9 Å². The van der Waals surface area contributed by atoms with E-state index in [1.54, 1.807) is 38.3 Å². The van der Waals surface area contributed by atoms with Gasteiger partial charge in [0.15, 0.2) is 0 Å². The monoisotopic (exact) mass is 387 g/mol. The minimum absolute atomic E-state index is 0.0223. The lowest BCUT2D eigenvalue weighted by Crippen LogP contribution is -2.16. The second-order valence-corrected chi connectivity index (χ2v) is 4.97. The third kappa shape index (κ3) is 7.21. The van der Waals surface area contributed by atoms with Gasteiger partial charge >= 0.3 is 5.97 Å². The van der Waals surface area contributed by atoms with E-state index in [0.29, 0.717) is 23.8 Å². The SMILES string of the molecule is C/C=C(\C=C/COC)C(=O)Nc1ccc(Br)cc1C(=O)O.CF. The number of carboxylic acid groups (broad SMARTS) is 1. The van der Waals surface area contributed by atoms with Gasteiger partial charge in [0.2, 0.25) is 0 Å². The number of alkyl halides is 1. The Labute approximate surface area is 143 Å². The van der Waals surface area contributed by atoms with Crippen LogP contribution in [0.5, 0.6) is 0 Å². The van der Waals surface area contributed by atoms with Gasteiger partial charge in [0.1, 0.15) is 0 Å². The van der Waals surface area contributed by atoms with Crippen LogP contribution in [0.15, 0.2) is 46.5 Å². The van der Waals surface area contributed by atoms with Crippen LogP contribution in [-0.2, 0) is 9.53 Å². The highest BCUT2D eigenvalue weighted by Crippen LogP contribution is 2.21. The molecule has 0 fully saturated rings.